The molecular weight excluding hydrogens is 434 g/mol. The van der Waals surface area contributed by atoms with Crippen LogP contribution in [0.1, 0.15) is 43.2 Å². The fourth-order valence-corrected chi connectivity index (χ4v) is 3.96. The molecule has 7 nitrogen and oxygen atoms in total. The van der Waals surface area contributed by atoms with Crippen LogP contribution in [-0.4, -0.2) is 48.2 Å². The van der Waals surface area contributed by atoms with E-state index in [-0.39, 0.29) is 18.9 Å². The van der Waals surface area contributed by atoms with Crippen LogP contribution < -0.4 is 10.6 Å². The van der Waals surface area contributed by atoms with E-state index in [4.69, 9.17) is 9.84 Å². The number of amides is 2. The lowest BCUT2D eigenvalue weighted by Crippen LogP contribution is -2.45. The van der Waals surface area contributed by atoms with Crippen molar-refractivity contribution in [2.24, 2.45) is 0 Å². The molecule has 1 aliphatic carbocycles. The zero-order valence-corrected chi connectivity index (χ0v) is 18.1. The van der Waals surface area contributed by atoms with Crippen molar-refractivity contribution >= 4 is 18.0 Å². The molecule has 0 radical (unpaired) electrons. The lowest BCUT2D eigenvalue weighted by molar-refractivity contribution is -0.164. The van der Waals surface area contributed by atoms with E-state index in [9.17, 15) is 23.2 Å². The molecule has 0 spiro atoms. The number of ether oxygens (including phenoxy) is 1. The highest BCUT2D eigenvalue weighted by Crippen LogP contribution is 2.44. The normalized spacial score (nSPS) is 13.5. The summed E-state index contributed by atoms with van der Waals surface area (Å²) in [4.78, 5) is 34.9. The van der Waals surface area contributed by atoms with Crippen molar-refractivity contribution in [3.8, 4) is 11.1 Å². The van der Waals surface area contributed by atoms with Gasteiger partial charge in [0.05, 0.1) is 6.54 Å². The van der Waals surface area contributed by atoms with E-state index in [0.29, 0.717) is 12.8 Å². The average molecular weight is 460 g/mol. The van der Waals surface area contributed by atoms with Crippen molar-refractivity contribution in [3.05, 3.63) is 59.7 Å². The Balaban J connectivity index is 1.56. The zero-order valence-electron chi connectivity index (χ0n) is 18.1. The maximum Gasteiger partial charge on any atom is 0.407 e. The summed E-state index contributed by atoms with van der Waals surface area (Å²) < 4.78 is 31.8. The smallest absolute Gasteiger partial charge is 0.407 e. The van der Waals surface area contributed by atoms with Crippen molar-refractivity contribution in [1.29, 1.82) is 0 Å². The van der Waals surface area contributed by atoms with Crippen LogP contribution in [0.25, 0.3) is 11.1 Å². The van der Waals surface area contributed by atoms with E-state index < -0.39 is 36.5 Å². The van der Waals surface area contributed by atoms with Gasteiger partial charge in [-0.1, -0.05) is 61.9 Å². The van der Waals surface area contributed by atoms with Crippen LogP contribution >= 0.6 is 0 Å². The lowest BCUT2D eigenvalue weighted by Gasteiger charge is -2.20. The third-order valence-corrected chi connectivity index (χ3v) is 5.56. The van der Waals surface area contributed by atoms with Crippen molar-refractivity contribution < 1.29 is 33.0 Å². The Morgan fingerprint density at radius 1 is 1.06 bits per heavy atom. The van der Waals surface area contributed by atoms with Gasteiger partial charge in [0.15, 0.2) is 0 Å². The summed E-state index contributed by atoms with van der Waals surface area (Å²) in [6.45, 7) is 0.642. The van der Waals surface area contributed by atoms with Gasteiger partial charge in [-0.25, -0.2) is 9.59 Å². The van der Waals surface area contributed by atoms with Crippen LogP contribution in [-0.2, 0) is 14.3 Å². The van der Waals surface area contributed by atoms with Gasteiger partial charge in [0.25, 0.3) is 0 Å². The number of alkyl carbamates (subject to hydrolysis) is 1. The first kappa shape index (κ1) is 24.2. The van der Waals surface area contributed by atoms with E-state index in [2.05, 4.69) is 5.32 Å². The van der Waals surface area contributed by atoms with Crippen LogP contribution in [0.3, 0.4) is 0 Å². The number of carbonyl (C=O) groups excluding carboxylic acids is 2. The largest absolute Gasteiger partial charge is 0.477 e. The summed E-state index contributed by atoms with van der Waals surface area (Å²) in [5, 5.41) is 13.0. The minimum atomic E-state index is -4.06. The predicted octanol–water partition coefficient (Wildman–Crippen LogP) is 3.92. The predicted molar refractivity (Wildman–Crippen MR) is 117 cm³/mol. The summed E-state index contributed by atoms with van der Waals surface area (Å²) in [6.07, 6.45) is 0.0760. The van der Waals surface area contributed by atoms with Gasteiger partial charge >= 0.3 is 18.0 Å². The highest BCUT2D eigenvalue weighted by molar-refractivity contribution is 5.81. The second-order valence-corrected chi connectivity index (χ2v) is 7.95. The molecule has 0 saturated carbocycles. The third-order valence-electron chi connectivity index (χ3n) is 5.56. The topological polar surface area (TPSA) is 105 Å². The van der Waals surface area contributed by atoms with Crippen molar-refractivity contribution in [2.75, 3.05) is 13.2 Å². The van der Waals surface area contributed by atoms with Gasteiger partial charge in [-0.05, 0) is 28.7 Å². The van der Waals surface area contributed by atoms with Crippen LogP contribution in [0.2, 0.25) is 0 Å². The third kappa shape index (κ3) is 5.85. The minimum Gasteiger partial charge on any atom is -0.477 e. The second-order valence-electron chi connectivity index (χ2n) is 7.95. The number of alkyl halides is 2. The lowest BCUT2D eigenvalue weighted by atomic mass is 9.98. The van der Waals surface area contributed by atoms with Crippen molar-refractivity contribution in [3.63, 3.8) is 0 Å². The molecule has 1 aliphatic rings. The molecule has 0 bridgehead atoms. The number of carbonyl (C=O) groups is 3. The molecule has 3 N–H and O–H groups in total. The van der Waals surface area contributed by atoms with Crippen LogP contribution in [0, 0.1) is 0 Å². The minimum absolute atomic E-state index is 0.107. The average Bonchev–Trinajstić information content (AvgIpc) is 3.10. The number of carboxylic acid groups (broad SMARTS) is 1. The van der Waals surface area contributed by atoms with E-state index in [1.54, 1.807) is 0 Å². The fraction of sp³-hybridized carbons (Fsp3) is 0.375. The molecule has 2 amide bonds. The van der Waals surface area contributed by atoms with Crippen molar-refractivity contribution in [2.45, 2.75) is 44.1 Å². The van der Waals surface area contributed by atoms with Gasteiger partial charge in [-0.15, -0.1) is 0 Å². The summed E-state index contributed by atoms with van der Waals surface area (Å²) in [5.41, 5.74) is 4.33. The maximum atomic E-state index is 13.2. The molecule has 176 valence electrons. The number of halogens is 2. The summed E-state index contributed by atoms with van der Waals surface area (Å²) in [5.74, 6) is -7.27. The van der Waals surface area contributed by atoms with E-state index >= 15 is 0 Å². The number of hydrogen-bond donors (Lipinski definition) is 3. The first-order valence-electron chi connectivity index (χ1n) is 10.7. The van der Waals surface area contributed by atoms with Gasteiger partial charge in [-0.3, -0.25) is 4.79 Å². The number of benzene rings is 2. The Labute approximate surface area is 190 Å². The number of carboxylic acids is 1. The highest BCUT2D eigenvalue weighted by Gasteiger charge is 2.39. The van der Waals surface area contributed by atoms with Gasteiger partial charge in [0.2, 0.25) is 5.91 Å². The van der Waals surface area contributed by atoms with Gasteiger partial charge in [0, 0.05) is 18.4 Å². The molecular formula is C24H26F2N2O5. The Kier molecular flexibility index (Phi) is 7.63. The van der Waals surface area contributed by atoms with Crippen LogP contribution in [0.4, 0.5) is 13.6 Å². The van der Waals surface area contributed by atoms with Crippen LogP contribution in [0.5, 0.6) is 0 Å². The molecule has 1 atom stereocenters. The monoisotopic (exact) mass is 460 g/mol. The number of fused-ring (bicyclic) bond motifs is 3. The first-order chi connectivity index (χ1) is 15.7. The molecule has 0 aliphatic heterocycles. The molecule has 0 unspecified atom stereocenters. The van der Waals surface area contributed by atoms with Gasteiger partial charge in [0.1, 0.15) is 6.61 Å². The molecule has 2 aromatic rings. The molecule has 0 saturated heterocycles. The van der Waals surface area contributed by atoms with E-state index in [1.807, 2.05) is 60.8 Å². The molecule has 9 heteroatoms. The van der Waals surface area contributed by atoms with Crippen molar-refractivity contribution in [1.82, 2.24) is 10.6 Å². The van der Waals surface area contributed by atoms with Gasteiger partial charge in [-0.2, -0.15) is 8.78 Å². The molecule has 0 aromatic heterocycles. The Morgan fingerprint density at radius 3 is 2.18 bits per heavy atom. The SMILES string of the molecule is CCC[C@H](CC(=O)NCC(F)(F)C(=O)O)NC(=O)OCC1c2ccccc2-c2ccccc21. The highest BCUT2D eigenvalue weighted by atomic mass is 19.3. The molecule has 2 aromatic carbocycles. The Hall–Kier alpha value is -3.49. The quantitative estimate of drug-likeness (QED) is 0.499. The second kappa shape index (κ2) is 10.4. The summed E-state index contributed by atoms with van der Waals surface area (Å²) in [7, 11) is 0. The summed E-state index contributed by atoms with van der Waals surface area (Å²) in [6, 6.07) is 15.2. The number of aliphatic carboxylic acids is 1. The number of rotatable bonds is 10. The maximum absolute atomic E-state index is 13.2. The molecule has 0 fully saturated rings. The first-order valence-corrected chi connectivity index (χ1v) is 10.7. The zero-order chi connectivity index (χ0) is 24.0. The van der Waals surface area contributed by atoms with E-state index in [1.165, 1.54) is 0 Å². The fourth-order valence-electron chi connectivity index (χ4n) is 3.96. The van der Waals surface area contributed by atoms with E-state index in [0.717, 1.165) is 22.3 Å². The standard InChI is InChI=1S/C24H26F2N2O5/c1-2-7-15(12-21(29)27-14-24(25,26)22(30)31)28-23(32)33-13-20-18-10-5-3-8-16(18)17-9-4-6-11-19(17)20/h3-6,8-11,15,20H,2,7,12-14H2,1H3,(H,27,29)(H,28,32)(H,30,31)/t15-/m1/s1. The Morgan fingerprint density at radius 2 is 1.64 bits per heavy atom. The Bertz CT molecular complexity index is 982. The molecule has 3 rings (SSSR count). The molecule has 33 heavy (non-hydrogen) atoms. The van der Waals surface area contributed by atoms with Crippen LogP contribution in [0.15, 0.2) is 48.5 Å². The molecule has 0 heterocycles. The number of hydrogen-bond acceptors (Lipinski definition) is 4. The summed E-state index contributed by atoms with van der Waals surface area (Å²) >= 11 is 0. The van der Waals surface area contributed by atoms with Gasteiger partial charge < -0.3 is 20.5 Å². The number of nitrogens with one attached hydrogen (secondary N) is 2.